The summed E-state index contributed by atoms with van der Waals surface area (Å²) in [7, 11) is 0. The minimum Gasteiger partial charge on any atom is -0.456 e. The van der Waals surface area contributed by atoms with Crippen molar-refractivity contribution < 1.29 is 49.0 Å². The van der Waals surface area contributed by atoms with E-state index in [0.717, 1.165) is 20.8 Å². The van der Waals surface area contributed by atoms with Crippen molar-refractivity contribution in [2.75, 3.05) is 0 Å². The predicted molar refractivity (Wildman–Crippen MR) is 51.0 cm³/mol. The Hall–Kier alpha value is -1.42. The number of carbonyl (C=O) groups is 1. The van der Waals surface area contributed by atoms with Crippen LogP contribution in [0.3, 0.4) is 0 Å². The summed E-state index contributed by atoms with van der Waals surface area (Å²) in [6.45, 7) is 3.04. The van der Waals surface area contributed by atoms with Crippen molar-refractivity contribution in [1.82, 2.24) is 0 Å². The van der Waals surface area contributed by atoms with Crippen molar-refractivity contribution in [3.8, 4) is 0 Å². The van der Waals surface area contributed by atoms with Gasteiger partial charge in [0.2, 0.25) is 0 Å². The molecule has 11 heteroatoms. The molecule has 0 aromatic carbocycles. The quantitative estimate of drug-likeness (QED) is 0.428. The minimum atomic E-state index is -6.64. The smallest absolute Gasteiger partial charge is 0.456 e. The maximum atomic E-state index is 13.1. The molecule has 0 saturated heterocycles. The molecule has 0 rings (SSSR count). The summed E-state index contributed by atoms with van der Waals surface area (Å²) in [6, 6.07) is 0. The molecule has 0 radical (unpaired) electrons. The molecule has 0 spiro atoms. The molecule has 0 heterocycles. The van der Waals surface area contributed by atoms with Crippen LogP contribution in [0.4, 0.5) is 39.5 Å². The number of hydrogen-bond acceptors (Lipinski definition) is 2. The van der Waals surface area contributed by atoms with Gasteiger partial charge in [-0.05, 0) is 20.8 Å². The summed E-state index contributed by atoms with van der Waals surface area (Å²) in [5.74, 6) is -13.1. The van der Waals surface area contributed by atoms with Gasteiger partial charge in [0, 0.05) is 0 Å². The Balaban J connectivity index is 6.07. The summed E-state index contributed by atoms with van der Waals surface area (Å²) in [5, 5.41) is 0. The molecule has 0 unspecified atom stereocenters. The largest absolute Gasteiger partial charge is 0.460 e. The minimum absolute atomic E-state index is 1.01. The third-order valence-electron chi connectivity index (χ3n) is 1.74. The summed E-state index contributed by atoms with van der Waals surface area (Å²) in [6.07, 6.45) is -12.7. The fraction of sp³-hybridized carbons (Fsp3) is 0.700. The van der Waals surface area contributed by atoms with E-state index in [2.05, 4.69) is 4.74 Å². The molecule has 0 amide bonds. The number of alkyl halides is 8. The average Bonchev–Trinajstić information content (AvgIpc) is 2.09. The van der Waals surface area contributed by atoms with E-state index in [1.54, 1.807) is 0 Å². The van der Waals surface area contributed by atoms with Gasteiger partial charge in [-0.1, -0.05) is 0 Å². The molecule has 2 nitrogen and oxygen atoms in total. The van der Waals surface area contributed by atoms with Crippen molar-refractivity contribution >= 4 is 5.97 Å². The number of ether oxygens (including phenoxy) is 1. The lowest BCUT2D eigenvalue weighted by Gasteiger charge is -2.24. The van der Waals surface area contributed by atoms with Crippen molar-refractivity contribution in [2.45, 2.75) is 44.6 Å². The zero-order valence-electron chi connectivity index (χ0n) is 10.7. The second-order valence-electron chi connectivity index (χ2n) is 4.76. The highest BCUT2D eigenvalue weighted by Gasteiger charge is 2.65. The van der Waals surface area contributed by atoms with Gasteiger partial charge < -0.3 is 4.74 Å². The van der Waals surface area contributed by atoms with E-state index in [4.69, 9.17) is 0 Å². The summed E-state index contributed by atoms with van der Waals surface area (Å²) in [5.41, 5.74) is -5.00. The molecule has 21 heavy (non-hydrogen) atoms. The topological polar surface area (TPSA) is 26.3 Å². The molecule has 0 aliphatic heterocycles. The number of hydrogen-bond donors (Lipinski definition) is 0. The van der Waals surface area contributed by atoms with Crippen LogP contribution < -0.4 is 0 Å². The normalized spacial score (nSPS) is 15.6. The third-order valence-corrected chi connectivity index (χ3v) is 1.74. The molecule has 0 aliphatic carbocycles. The molecule has 124 valence electrons. The molecule has 0 atom stereocenters. The van der Waals surface area contributed by atoms with Gasteiger partial charge in [-0.2, -0.15) is 35.1 Å². The highest BCUT2D eigenvalue weighted by molar-refractivity contribution is 5.91. The Morgan fingerprint density at radius 1 is 0.857 bits per heavy atom. The average molecular weight is 332 g/mol. The monoisotopic (exact) mass is 332 g/mol. The first-order valence-electron chi connectivity index (χ1n) is 5.06. The van der Waals surface area contributed by atoms with Crippen LogP contribution in [0.1, 0.15) is 20.8 Å². The maximum Gasteiger partial charge on any atom is 0.460 e. The molecule has 0 bridgehead atoms. The molecule has 0 saturated carbocycles. The van der Waals surface area contributed by atoms with E-state index in [1.165, 1.54) is 0 Å². The highest BCUT2D eigenvalue weighted by Crippen LogP contribution is 2.45. The van der Waals surface area contributed by atoms with Gasteiger partial charge in [-0.3, -0.25) is 0 Å². The van der Waals surface area contributed by atoms with Crippen LogP contribution in [0.5, 0.6) is 0 Å². The standard InChI is InChI=1S/C10H9F9O2/c1-7(2,3)21-6(20)4(9(14,15)16)5(11)8(12,13)10(17,18)19/h1-3H3. The van der Waals surface area contributed by atoms with Crippen LogP contribution >= 0.6 is 0 Å². The Morgan fingerprint density at radius 2 is 1.24 bits per heavy atom. The van der Waals surface area contributed by atoms with Crippen LogP contribution in [-0.2, 0) is 9.53 Å². The zero-order chi connectivity index (χ0) is 17.4. The van der Waals surface area contributed by atoms with Crippen molar-refractivity contribution in [2.24, 2.45) is 0 Å². The predicted octanol–water partition coefficient (Wildman–Crippen LogP) is 4.31. The van der Waals surface area contributed by atoms with Crippen LogP contribution in [0.25, 0.3) is 0 Å². The first-order chi connectivity index (χ1) is 8.91. The zero-order valence-corrected chi connectivity index (χ0v) is 10.7. The number of carbonyl (C=O) groups excluding carboxylic acids is 1. The van der Waals surface area contributed by atoms with Gasteiger partial charge in [0.05, 0.1) is 0 Å². The Labute approximate surface area is 112 Å². The van der Waals surface area contributed by atoms with Crippen LogP contribution in [0, 0.1) is 0 Å². The number of esters is 1. The molecule has 0 aliphatic rings. The first kappa shape index (κ1) is 19.6. The molecule has 0 aromatic rings. The van der Waals surface area contributed by atoms with E-state index < -0.39 is 41.2 Å². The second-order valence-corrected chi connectivity index (χ2v) is 4.76. The van der Waals surface area contributed by atoms with Crippen LogP contribution in [0.15, 0.2) is 11.4 Å². The molecule has 0 N–H and O–H groups in total. The van der Waals surface area contributed by atoms with Gasteiger partial charge in [0.25, 0.3) is 0 Å². The van der Waals surface area contributed by atoms with Gasteiger partial charge >= 0.3 is 24.2 Å². The van der Waals surface area contributed by atoms with Crippen LogP contribution in [-0.4, -0.2) is 29.8 Å². The first-order valence-corrected chi connectivity index (χ1v) is 5.06. The number of rotatable bonds is 2. The molecular formula is C10H9F9O2. The van der Waals surface area contributed by atoms with Crippen molar-refractivity contribution in [3.63, 3.8) is 0 Å². The summed E-state index contributed by atoms with van der Waals surface area (Å²) < 4.78 is 115. The van der Waals surface area contributed by atoms with Gasteiger partial charge in [-0.15, -0.1) is 0 Å². The molecule has 0 aromatic heterocycles. The summed E-state index contributed by atoms with van der Waals surface area (Å²) >= 11 is 0. The van der Waals surface area contributed by atoms with E-state index in [1.807, 2.05) is 0 Å². The molecule has 0 fully saturated rings. The van der Waals surface area contributed by atoms with E-state index in [0.29, 0.717) is 0 Å². The fourth-order valence-corrected chi connectivity index (χ4v) is 0.940. The van der Waals surface area contributed by atoms with Crippen LogP contribution in [0.2, 0.25) is 0 Å². The summed E-state index contributed by atoms with van der Waals surface area (Å²) in [4.78, 5) is 11.1. The van der Waals surface area contributed by atoms with Gasteiger partial charge in [-0.25, -0.2) is 9.18 Å². The van der Waals surface area contributed by atoms with Gasteiger partial charge in [0.15, 0.2) is 11.4 Å². The molecular weight excluding hydrogens is 323 g/mol. The Morgan fingerprint density at radius 3 is 1.48 bits per heavy atom. The fourth-order valence-electron chi connectivity index (χ4n) is 0.940. The van der Waals surface area contributed by atoms with Gasteiger partial charge in [0.1, 0.15) is 5.60 Å². The lowest BCUT2D eigenvalue weighted by atomic mass is 10.1. The Kier molecular flexibility index (Phi) is 5.04. The second kappa shape index (κ2) is 5.41. The Bertz CT molecular complexity index is 437. The number of allylic oxidation sites excluding steroid dienone is 1. The lowest BCUT2D eigenvalue weighted by Crippen LogP contribution is -2.41. The highest BCUT2D eigenvalue weighted by atomic mass is 19.4. The van der Waals surface area contributed by atoms with E-state index >= 15 is 0 Å². The van der Waals surface area contributed by atoms with E-state index in [9.17, 15) is 44.3 Å². The van der Waals surface area contributed by atoms with Crippen molar-refractivity contribution in [3.05, 3.63) is 11.4 Å². The van der Waals surface area contributed by atoms with E-state index in [-0.39, 0.29) is 0 Å². The lowest BCUT2D eigenvalue weighted by molar-refractivity contribution is -0.272. The van der Waals surface area contributed by atoms with Crippen molar-refractivity contribution in [1.29, 1.82) is 0 Å². The maximum absolute atomic E-state index is 13.1. The third kappa shape index (κ3) is 4.81. The SMILES string of the molecule is CC(C)(C)OC(=O)C(=C(F)C(F)(F)C(F)(F)F)C(F)(F)F. The number of halogens is 9.